The van der Waals surface area contributed by atoms with Crippen LogP contribution >= 0.6 is 0 Å². The molecule has 2 aliphatic heterocycles. The Morgan fingerprint density at radius 3 is 2.32 bits per heavy atom. The van der Waals surface area contributed by atoms with Gasteiger partial charge in [-0.2, -0.15) is 0 Å². The highest BCUT2D eigenvalue weighted by Gasteiger charge is 2.35. The van der Waals surface area contributed by atoms with Crippen molar-refractivity contribution < 1.29 is 18.9 Å². The van der Waals surface area contributed by atoms with Crippen LogP contribution in [0.25, 0.3) is 0 Å². The van der Waals surface area contributed by atoms with Gasteiger partial charge in [-0.05, 0) is 12.0 Å². The van der Waals surface area contributed by atoms with Crippen LogP contribution in [-0.2, 0) is 25.4 Å². The number of fused-ring (bicyclic) bond motifs is 2. The molecule has 0 fully saturated rings. The van der Waals surface area contributed by atoms with E-state index in [2.05, 4.69) is 6.07 Å². The third kappa shape index (κ3) is 2.34. The number of benzene rings is 2. The van der Waals surface area contributed by atoms with Gasteiger partial charge in [0.25, 0.3) is 0 Å². The van der Waals surface area contributed by atoms with E-state index in [1.54, 1.807) is 7.11 Å². The first-order chi connectivity index (χ1) is 10.9. The predicted molar refractivity (Wildman–Crippen MR) is 79.9 cm³/mol. The highest BCUT2D eigenvalue weighted by molar-refractivity contribution is 5.33. The maximum absolute atomic E-state index is 6.11. The van der Waals surface area contributed by atoms with Gasteiger partial charge in [-0.3, -0.25) is 0 Å². The lowest BCUT2D eigenvalue weighted by molar-refractivity contribution is -0.289. The van der Waals surface area contributed by atoms with Crippen LogP contribution in [0.3, 0.4) is 0 Å². The van der Waals surface area contributed by atoms with Gasteiger partial charge in [0.05, 0.1) is 6.61 Å². The third-order valence-electron chi connectivity index (χ3n) is 4.16. The van der Waals surface area contributed by atoms with Crippen LogP contribution in [0, 0.1) is 0 Å². The SMILES string of the molecule is COC1OC(OC2OCCc3ccccc32)c2ccccc21. The fourth-order valence-corrected chi connectivity index (χ4v) is 3.07. The van der Waals surface area contributed by atoms with Gasteiger partial charge in [0.2, 0.25) is 0 Å². The van der Waals surface area contributed by atoms with Crippen molar-refractivity contribution in [1.82, 2.24) is 0 Å². The van der Waals surface area contributed by atoms with Crippen molar-refractivity contribution in [2.24, 2.45) is 0 Å². The van der Waals surface area contributed by atoms with Crippen LogP contribution in [0.4, 0.5) is 0 Å². The minimum Gasteiger partial charge on any atom is -0.352 e. The summed E-state index contributed by atoms with van der Waals surface area (Å²) in [6.07, 6.45) is -0.352. The smallest absolute Gasteiger partial charge is 0.191 e. The molecule has 3 unspecified atom stereocenters. The van der Waals surface area contributed by atoms with E-state index >= 15 is 0 Å². The molecule has 0 saturated heterocycles. The lowest BCUT2D eigenvalue weighted by Gasteiger charge is -2.28. The molecular formula is C18H18O4. The quantitative estimate of drug-likeness (QED) is 0.867. The van der Waals surface area contributed by atoms with E-state index in [4.69, 9.17) is 18.9 Å². The number of methoxy groups -OCH3 is 1. The second kappa shape index (κ2) is 5.82. The van der Waals surface area contributed by atoms with Gasteiger partial charge in [-0.25, -0.2) is 0 Å². The Balaban J connectivity index is 1.61. The van der Waals surface area contributed by atoms with Crippen molar-refractivity contribution in [2.45, 2.75) is 25.3 Å². The zero-order chi connectivity index (χ0) is 14.9. The molecule has 0 bridgehead atoms. The predicted octanol–water partition coefficient (Wildman–Crippen LogP) is 3.65. The number of hydrogen-bond acceptors (Lipinski definition) is 4. The Morgan fingerprint density at radius 1 is 0.864 bits per heavy atom. The Bertz CT molecular complexity index is 670. The summed E-state index contributed by atoms with van der Waals surface area (Å²) in [7, 11) is 1.64. The first-order valence-electron chi connectivity index (χ1n) is 7.49. The summed E-state index contributed by atoms with van der Waals surface area (Å²) in [6, 6.07) is 16.2. The van der Waals surface area contributed by atoms with Crippen molar-refractivity contribution >= 4 is 0 Å². The Morgan fingerprint density at radius 2 is 1.55 bits per heavy atom. The van der Waals surface area contributed by atoms with Crippen molar-refractivity contribution in [3.8, 4) is 0 Å². The topological polar surface area (TPSA) is 36.9 Å². The molecule has 114 valence electrons. The summed E-state index contributed by atoms with van der Waals surface area (Å²) in [5, 5.41) is 0. The first kappa shape index (κ1) is 13.9. The van der Waals surface area contributed by atoms with Gasteiger partial charge in [0.1, 0.15) is 0 Å². The lowest BCUT2D eigenvalue weighted by atomic mass is 10.0. The summed E-state index contributed by atoms with van der Waals surface area (Å²) in [5.41, 5.74) is 4.36. The van der Waals surface area contributed by atoms with Crippen LogP contribution in [0.15, 0.2) is 48.5 Å². The van der Waals surface area contributed by atoms with Gasteiger partial charge in [0.15, 0.2) is 18.9 Å². The fraction of sp³-hybridized carbons (Fsp3) is 0.333. The molecule has 2 heterocycles. The number of rotatable bonds is 3. The molecule has 2 aromatic carbocycles. The molecule has 0 spiro atoms. The monoisotopic (exact) mass is 298 g/mol. The molecule has 4 nitrogen and oxygen atoms in total. The molecule has 0 amide bonds. The van der Waals surface area contributed by atoms with Gasteiger partial charge in [-0.1, -0.05) is 48.5 Å². The Hall–Kier alpha value is -1.72. The molecule has 4 heteroatoms. The van der Waals surface area contributed by atoms with E-state index in [0.717, 1.165) is 23.1 Å². The average molecular weight is 298 g/mol. The molecule has 2 aromatic rings. The largest absolute Gasteiger partial charge is 0.352 e. The van der Waals surface area contributed by atoms with Crippen LogP contribution < -0.4 is 0 Å². The van der Waals surface area contributed by atoms with Gasteiger partial charge < -0.3 is 18.9 Å². The second-order valence-electron chi connectivity index (χ2n) is 5.45. The van der Waals surface area contributed by atoms with Crippen LogP contribution in [0.5, 0.6) is 0 Å². The zero-order valence-electron chi connectivity index (χ0n) is 12.4. The molecule has 0 aliphatic carbocycles. The standard InChI is InChI=1S/C18H18O4/c1-19-16-14-8-4-5-9-15(14)18(21-16)22-17-13-7-3-2-6-12(13)10-11-20-17/h2-9,16-18H,10-11H2,1H3. The van der Waals surface area contributed by atoms with E-state index in [9.17, 15) is 0 Å². The summed E-state index contributed by atoms with van der Waals surface area (Å²) in [6.45, 7) is 0.657. The Labute approximate surface area is 129 Å². The van der Waals surface area contributed by atoms with E-state index < -0.39 is 12.6 Å². The van der Waals surface area contributed by atoms with Gasteiger partial charge in [0, 0.05) is 23.8 Å². The molecule has 0 N–H and O–H groups in total. The summed E-state index contributed by atoms with van der Waals surface area (Å²) in [5.74, 6) is 0. The summed E-state index contributed by atoms with van der Waals surface area (Å²) < 4.78 is 23.2. The van der Waals surface area contributed by atoms with Crippen molar-refractivity contribution in [3.63, 3.8) is 0 Å². The van der Waals surface area contributed by atoms with E-state index in [1.165, 1.54) is 5.56 Å². The van der Waals surface area contributed by atoms with Crippen molar-refractivity contribution in [1.29, 1.82) is 0 Å². The number of ether oxygens (including phenoxy) is 4. The van der Waals surface area contributed by atoms with Crippen molar-refractivity contribution in [2.75, 3.05) is 13.7 Å². The van der Waals surface area contributed by atoms with Crippen LogP contribution in [0.2, 0.25) is 0 Å². The normalized spacial score (nSPS) is 26.5. The molecule has 0 radical (unpaired) electrons. The molecular weight excluding hydrogens is 280 g/mol. The first-order valence-corrected chi connectivity index (χ1v) is 7.49. The maximum Gasteiger partial charge on any atom is 0.191 e. The average Bonchev–Trinajstić information content (AvgIpc) is 2.93. The van der Waals surface area contributed by atoms with Gasteiger partial charge in [-0.15, -0.1) is 0 Å². The maximum atomic E-state index is 6.11. The molecule has 2 aliphatic rings. The van der Waals surface area contributed by atoms with E-state index in [1.807, 2.05) is 42.5 Å². The highest BCUT2D eigenvalue weighted by Crippen LogP contribution is 2.43. The van der Waals surface area contributed by atoms with Crippen LogP contribution in [0.1, 0.15) is 41.1 Å². The van der Waals surface area contributed by atoms with Crippen molar-refractivity contribution in [3.05, 3.63) is 70.8 Å². The molecule has 0 saturated carbocycles. The number of hydrogen-bond donors (Lipinski definition) is 0. The van der Waals surface area contributed by atoms with E-state index in [-0.39, 0.29) is 6.29 Å². The molecule has 0 aromatic heterocycles. The van der Waals surface area contributed by atoms with Crippen LogP contribution in [-0.4, -0.2) is 13.7 Å². The lowest BCUT2D eigenvalue weighted by Crippen LogP contribution is -2.20. The van der Waals surface area contributed by atoms with Gasteiger partial charge >= 0.3 is 0 Å². The third-order valence-corrected chi connectivity index (χ3v) is 4.16. The zero-order valence-corrected chi connectivity index (χ0v) is 12.4. The minimum atomic E-state index is -0.475. The summed E-state index contributed by atoms with van der Waals surface area (Å²) in [4.78, 5) is 0. The fourth-order valence-electron chi connectivity index (χ4n) is 3.07. The molecule has 22 heavy (non-hydrogen) atoms. The minimum absolute atomic E-state index is 0.389. The van der Waals surface area contributed by atoms with E-state index in [0.29, 0.717) is 6.61 Å². The molecule has 4 rings (SSSR count). The second-order valence-corrected chi connectivity index (χ2v) is 5.45. The Kier molecular flexibility index (Phi) is 3.68. The molecule has 3 atom stereocenters. The summed E-state index contributed by atoms with van der Waals surface area (Å²) >= 11 is 0. The highest BCUT2D eigenvalue weighted by atomic mass is 16.8.